The Morgan fingerprint density at radius 3 is 2.30 bits per heavy atom. The molecule has 1 aliphatic carbocycles. The molecule has 2 unspecified atom stereocenters. The molecule has 7 nitrogen and oxygen atoms in total. The van der Waals surface area contributed by atoms with Gasteiger partial charge in [-0.2, -0.15) is 0 Å². The molecule has 0 bridgehead atoms. The van der Waals surface area contributed by atoms with E-state index in [1.807, 2.05) is 49.4 Å². The highest BCUT2D eigenvalue weighted by Gasteiger charge is 2.33. The van der Waals surface area contributed by atoms with Crippen molar-refractivity contribution >= 4 is 29.1 Å². The lowest BCUT2D eigenvalue weighted by atomic mass is 9.91. The number of carboxylic acid groups (broad SMARTS) is 1. The Balaban J connectivity index is 0.000000188. The molecule has 1 aliphatic heterocycles. The fraction of sp³-hybridized carbons (Fsp3) is 0.500. The summed E-state index contributed by atoms with van der Waals surface area (Å²) in [6, 6.07) is 12.9. The molecule has 0 spiro atoms. The van der Waals surface area contributed by atoms with Crippen molar-refractivity contribution in [2.24, 2.45) is 11.7 Å². The topological polar surface area (TPSA) is 113 Å². The molecule has 0 radical (unpaired) electrons. The fourth-order valence-corrected chi connectivity index (χ4v) is 4.15. The molecule has 1 saturated heterocycles. The van der Waals surface area contributed by atoms with E-state index in [1.54, 1.807) is 0 Å². The van der Waals surface area contributed by atoms with Crippen LogP contribution >= 0.6 is 0 Å². The maximum atomic E-state index is 11.6. The van der Waals surface area contributed by atoms with Gasteiger partial charge in [-0.3, -0.25) is 9.59 Å². The number of nitrogens with two attached hydrogens (primary N) is 1. The van der Waals surface area contributed by atoms with Gasteiger partial charge in [0.1, 0.15) is 6.04 Å². The van der Waals surface area contributed by atoms with Crippen molar-refractivity contribution in [3.05, 3.63) is 48.0 Å². The van der Waals surface area contributed by atoms with Crippen LogP contribution in [0.15, 0.2) is 42.5 Å². The SMILES string of the molecule is CC1CCCCC1.CCNC(=O)c1ccc2ccccc2c1.NC1CC(C(=O)O)N(C=O)C1. The average Bonchev–Trinajstić information content (AvgIpc) is 3.21. The first-order valence-corrected chi connectivity index (χ1v) is 11.8. The van der Waals surface area contributed by atoms with Crippen LogP contribution in [0, 0.1) is 5.92 Å². The van der Waals surface area contributed by atoms with Gasteiger partial charge in [0, 0.05) is 24.7 Å². The Morgan fingerprint density at radius 2 is 1.79 bits per heavy atom. The molecular formula is C26H37N3O4. The van der Waals surface area contributed by atoms with E-state index in [4.69, 9.17) is 10.8 Å². The van der Waals surface area contributed by atoms with Crippen LogP contribution in [-0.2, 0) is 9.59 Å². The van der Waals surface area contributed by atoms with Crippen molar-refractivity contribution in [1.82, 2.24) is 10.2 Å². The van der Waals surface area contributed by atoms with E-state index in [1.165, 1.54) is 37.0 Å². The fourth-order valence-electron chi connectivity index (χ4n) is 4.15. The van der Waals surface area contributed by atoms with E-state index >= 15 is 0 Å². The van der Waals surface area contributed by atoms with E-state index < -0.39 is 12.0 Å². The van der Waals surface area contributed by atoms with Crippen LogP contribution in [0.2, 0.25) is 0 Å². The van der Waals surface area contributed by atoms with E-state index in [0.29, 0.717) is 25.9 Å². The number of benzene rings is 2. The van der Waals surface area contributed by atoms with E-state index in [-0.39, 0.29) is 11.9 Å². The zero-order valence-corrected chi connectivity index (χ0v) is 19.7. The van der Waals surface area contributed by atoms with Crippen molar-refractivity contribution in [2.75, 3.05) is 13.1 Å². The zero-order valence-electron chi connectivity index (χ0n) is 19.7. The molecule has 33 heavy (non-hydrogen) atoms. The van der Waals surface area contributed by atoms with Crippen LogP contribution in [0.5, 0.6) is 0 Å². The number of amides is 2. The summed E-state index contributed by atoms with van der Waals surface area (Å²) in [7, 11) is 0. The third kappa shape index (κ3) is 8.50. The smallest absolute Gasteiger partial charge is 0.326 e. The molecular weight excluding hydrogens is 418 g/mol. The van der Waals surface area contributed by atoms with Gasteiger partial charge in [0.05, 0.1) is 0 Å². The molecule has 0 aromatic heterocycles. The first-order chi connectivity index (χ1) is 15.8. The molecule has 2 fully saturated rings. The molecule has 4 N–H and O–H groups in total. The number of aliphatic carboxylic acids is 1. The minimum atomic E-state index is -0.981. The lowest BCUT2D eigenvalue weighted by molar-refractivity contribution is -0.144. The molecule has 1 saturated carbocycles. The Bertz CT molecular complexity index is 911. The van der Waals surface area contributed by atoms with Crippen LogP contribution in [0.4, 0.5) is 0 Å². The van der Waals surface area contributed by atoms with Crippen LogP contribution in [-0.4, -0.2) is 53.5 Å². The second-order valence-electron chi connectivity index (χ2n) is 8.82. The number of carbonyl (C=O) groups is 3. The molecule has 2 atom stereocenters. The third-order valence-corrected chi connectivity index (χ3v) is 6.03. The molecule has 2 aromatic carbocycles. The number of hydrogen-bond acceptors (Lipinski definition) is 4. The second kappa shape index (κ2) is 13.6. The molecule has 2 amide bonds. The number of nitrogens with zero attached hydrogens (tertiary/aromatic N) is 1. The van der Waals surface area contributed by atoms with Gasteiger partial charge in [-0.1, -0.05) is 69.4 Å². The van der Waals surface area contributed by atoms with Crippen molar-refractivity contribution < 1.29 is 19.5 Å². The number of fused-ring (bicyclic) bond motifs is 1. The zero-order chi connectivity index (χ0) is 24.2. The van der Waals surface area contributed by atoms with Crippen molar-refractivity contribution in [2.45, 2.75) is 64.5 Å². The lowest BCUT2D eigenvalue weighted by Crippen LogP contribution is -2.34. The van der Waals surface area contributed by atoms with Crippen molar-refractivity contribution in [1.29, 1.82) is 0 Å². The number of carboxylic acids is 1. The number of hydrogen-bond donors (Lipinski definition) is 3. The summed E-state index contributed by atoms with van der Waals surface area (Å²) in [6.07, 6.45) is 8.33. The van der Waals surface area contributed by atoms with Gasteiger partial charge in [-0.05, 0) is 42.2 Å². The molecule has 4 rings (SSSR count). The monoisotopic (exact) mass is 455 g/mol. The number of carbonyl (C=O) groups excluding carboxylic acids is 2. The minimum Gasteiger partial charge on any atom is -0.480 e. The minimum absolute atomic E-state index is 0.0109. The highest BCUT2D eigenvalue weighted by molar-refractivity contribution is 5.98. The normalized spacial score (nSPS) is 20.2. The predicted octanol–water partition coefficient (Wildman–Crippen LogP) is 3.81. The summed E-state index contributed by atoms with van der Waals surface area (Å²) >= 11 is 0. The van der Waals surface area contributed by atoms with Gasteiger partial charge in [0.15, 0.2) is 0 Å². The summed E-state index contributed by atoms with van der Waals surface area (Å²) < 4.78 is 0. The Kier molecular flexibility index (Phi) is 10.8. The van der Waals surface area contributed by atoms with Gasteiger partial charge in [0.2, 0.25) is 6.41 Å². The summed E-state index contributed by atoms with van der Waals surface area (Å²) in [6.45, 7) is 5.28. The molecule has 180 valence electrons. The highest BCUT2D eigenvalue weighted by Crippen LogP contribution is 2.22. The summed E-state index contributed by atoms with van der Waals surface area (Å²) in [5, 5.41) is 13.6. The summed E-state index contributed by atoms with van der Waals surface area (Å²) in [5.41, 5.74) is 6.18. The standard InChI is InChI=1S/C13H13NO.C7H14.C6H10N2O3/c1-2-14-13(15)12-8-7-10-5-3-4-6-11(10)9-12;1-7-5-3-2-4-6-7;7-4-1-5(6(10)11)8(2-4)3-9/h3-9H,2H2,1H3,(H,14,15);7H,2-6H2,1H3;3-5H,1-2,7H2,(H,10,11). The summed E-state index contributed by atoms with van der Waals surface area (Å²) in [4.78, 5) is 33.5. The van der Waals surface area contributed by atoms with Crippen molar-refractivity contribution in [3.8, 4) is 0 Å². The van der Waals surface area contributed by atoms with Crippen LogP contribution < -0.4 is 11.1 Å². The Morgan fingerprint density at radius 1 is 1.12 bits per heavy atom. The quantitative estimate of drug-likeness (QED) is 0.607. The first kappa shape index (κ1) is 26.3. The number of rotatable bonds is 4. The van der Waals surface area contributed by atoms with E-state index in [9.17, 15) is 14.4 Å². The van der Waals surface area contributed by atoms with E-state index in [2.05, 4.69) is 12.2 Å². The summed E-state index contributed by atoms with van der Waals surface area (Å²) in [5.74, 6) is 0.0436. The highest BCUT2D eigenvalue weighted by atomic mass is 16.4. The first-order valence-electron chi connectivity index (χ1n) is 11.8. The maximum Gasteiger partial charge on any atom is 0.326 e. The molecule has 7 heteroatoms. The van der Waals surface area contributed by atoms with Gasteiger partial charge in [-0.15, -0.1) is 0 Å². The van der Waals surface area contributed by atoms with Gasteiger partial charge < -0.3 is 21.1 Å². The van der Waals surface area contributed by atoms with E-state index in [0.717, 1.165) is 22.3 Å². The van der Waals surface area contributed by atoms with Crippen LogP contribution in [0.3, 0.4) is 0 Å². The predicted molar refractivity (Wildman–Crippen MR) is 131 cm³/mol. The molecule has 2 aromatic rings. The van der Waals surface area contributed by atoms with Gasteiger partial charge >= 0.3 is 5.97 Å². The van der Waals surface area contributed by atoms with Crippen molar-refractivity contribution in [3.63, 3.8) is 0 Å². The third-order valence-electron chi connectivity index (χ3n) is 6.03. The largest absolute Gasteiger partial charge is 0.480 e. The van der Waals surface area contributed by atoms with Crippen LogP contribution in [0.1, 0.15) is 62.7 Å². The second-order valence-corrected chi connectivity index (χ2v) is 8.82. The van der Waals surface area contributed by atoms with Gasteiger partial charge in [-0.25, -0.2) is 4.79 Å². The number of likely N-dealkylation sites (tertiary alicyclic amines) is 1. The van der Waals surface area contributed by atoms with Gasteiger partial charge in [0.25, 0.3) is 5.91 Å². The lowest BCUT2D eigenvalue weighted by Gasteiger charge is -2.15. The Labute approximate surface area is 196 Å². The Hall–Kier alpha value is -2.93. The average molecular weight is 456 g/mol. The van der Waals surface area contributed by atoms with Crippen LogP contribution in [0.25, 0.3) is 10.8 Å². The molecule has 1 heterocycles. The number of nitrogens with one attached hydrogen (secondary N) is 1. The maximum absolute atomic E-state index is 11.6. The molecule has 2 aliphatic rings.